The monoisotopic (exact) mass is 264 g/mol. The van der Waals surface area contributed by atoms with Gasteiger partial charge in [0.25, 0.3) is 5.91 Å². The van der Waals surface area contributed by atoms with E-state index >= 15 is 0 Å². The van der Waals surface area contributed by atoms with Crippen molar-refractivity contribution in [3.63, 3.8) is 0 Å². The lowest BCUT2D eigenvalue weighted by Crippen LogP contribution is -2.30. The third kappa shape index (κ3) is 2.19. The van der Waals surface area contributed by atoms with E-state index < -0.39 is 6.03 Å². The Hall–Kier alpha value is -2.88. The lowest BCUT2D eigenvalue weighted by molar-refractivity contribution is -0.113. The maximum Gasteiger partial charge on any atom is 0.333 e. The predicted molar refractivity (Wildman–Crippen MR) is 76.9 cm³/mol. The quantitative estimate of drug-likeness (QED) is 0.669. The molecule has 1 N–H and O–H groups in total. The van der Waals surface area contributed by atoms with Crippen molar-refractivity contribution < 1.29 is 9.59 Å². The standard InChI is InChI=1S/C16H12N2O2/c19-15-14(11-12-7-3-1-4-8-12)17-16(20)18(15)13-9-5-2-6-10-13/h1-11H,(H,17,20). The number of amides is 3. The number of benzene rings is 2. The molecule has 0 aliphatic carbocycles. The summed E-state index contributed by atoms with van der Waals surface area (Å²) in [5.41, 5.74) is 1.71. The van der Waals surface area contributed by atoms with Crippen LogP contribution in [0.3, 0.4) is 0 Å². The van der Waals surface area contributed by atoms with Gasteiger partial charge < -0.3 is 5.32 Å². The Balaban J connectivity index is 1.93. The summed E-state index contributed by atoms with van der Waals surface area (Å²) in [6.07, 6.45) is 1.67. The van der Waals surface area contributed by atoms with Crippen LogP contribution in [0.25, 0.3) is 6.08 Å². The molecule has 0 saturated carbocycles. The fourth-order valence-corrected chi connectivity index (χ4v) is 2.06. The van der Waals surface area contributed by atoms with Crippen molar-refractivity contribution in [3.8, 4) is 0 Å². The van der Waals surface area contributed by atoms with Crippen molar-refractivity contribution in [2.45, 2.75) is 0 Å². The molecule has 4 heteroatoms. The first-order chi connectivity index (χ1) is 9.75. The minimum absolute atomic E-state index is 0.282. The number of para-hydroxylation sites is 1. The Kier molecular flexibility index (Phi) is 3.05. The van der Waals surface area contributed by atoms with Gasteiger partial charge in [-0.3, -0.25) is 4.79 Å². The van der Waals surface area contributed by atoms with E-state index in [4.69, 9.17) is 0 Å². The molecule has 0 radical (unpaired) electrons. The molecular weight excluding hydrogens is 252 g/mol. The largest absolute Gasteiger partial charge is 0.333 e. The number of urea groups is 1. The Bertz CT molecular complexity index is 678. The average molecular weight is 264 g/mol. The fraction of sp³-hybridized carbons (Fsp3) is 0. The minimum atomic E-state index is -0.427. The zero-order valence-electron chi connectivity index (χ0n) is 10.6. The summed E-state index contributed by atoms with van der Waals surface area (Å²) in [4.78, 5) is 25.4. The van der Waals surface area contributed by atoms with Gasteiger partial charge in [0.1, 0.15) is 5.70 Å². The molecule has 0 unspecified atom stereocenters. The average Bonchev–Trinajstić information content (AvgIpc) is 2.75. The molecule has 1 aliphatic rings. The predicted octanol–water partition coefficient (Wildman–Crippen LogP) is 2.78. The van der Waals surface area contributed by atoms with Gasteiger partial charge in [0.05, 0.1) is 5.69 Å². The molecule has 98 valence electrons. The van der Waals surface area contributed by atoms with Crippen LogP contribution < -0.4 is 10.2 Å². The van der Waals surface area contributed by atoms with Crippen LogP contribution in [0.2, 0.25) is 0 Å². The molecule has 4 nitrogen and oxygen atoms in total. The number of hydrogen-bond donors (Lipinski definition) is 1. The number of imide groups is 1. The van der Waals surface area contributed by atoms with E-state index in [0.717, 1.165) is 10.5 Å². The van der Waals surface area contributed by atoms with Crippen molar-refractivity contribution in [1.82, 2.24) is 5.32 Å². The van der Waals surface area contributed by atoms with E-state index in [-0.39, 0.29) is 11.6 Å². The van der Waals surface area contributed by atoms with Crippen molar-refractivity contribution in [2.24, 2.45) is 0 Å². The number of hydrogen-bond acceptors (Lipinski definition) is 2. The van der Waals surface area contributed by atoms with Crippen molar-refractivity contribution in [2.75, 3.05) is 4.90 Å². The first-order valence-electron chi connectivity index (χ1n) is 6.23. The fourth-order valence-electron chi connectivity index (χ4n) is 2.06. The number of carbonyl (C=O) groups is 2. The first kappa shape index (κ1) is 12.2. The molecule has 20 heavy (non-hydrogen) atoms. The Morgan fingerprint density at radius 1 is 0.850 bits per heavy atom. The molecule has 1 heterocycles. The summed E-state index contributed by atoms with van der Waals surface area (Å²) in [5, 5.41) is 2.60. The van der Waals surface area contributed by atoms with Crippen LogP contribution >= 0.6 is 0 Å². The van der Waals surface area contributed by atoms with Crippen molar-refractivity contribution in [3.05, 3.63) is 71.9 Å². The highest BCUT2D eigenvalue weighted by molar-refractivity contribution is 6.28. The Morgan fingerprint density at radius 3 is 2.10 bits per heavy atom. The molecule has 0 spiro atoms. The highest BCUT2D eigenvalue weighted by Gasteiger charge is 2.34. The SMILES string of the molecule is O=C1NC(=Cc2ccccc2)C(=O)N1c1ccccc1. The molecule has 3 rings (SSSR count). The maximum atomic E-state index is 12.3. The number of nitrogens with zero attached hydrogens (tertiary/aromatic N) is 1. The minimum Gasteiger partial charge on any atom is -0.302 e. The lowest BCUT2D eigenvalue weighted by atomic mass is 10.2. The first-order valence-corrected chi connectivity index (χ1v) is 6.23. The number of rotatable bonds is 2. The topological polar surface area (TPSA) is 49.4 Å². The molecule has 3 amide bonds. The molecule has 0 atom stereocenters. The van der Waals surface area contributed by atoms with E-state index in [1.807, 2.05) is 36.4 Å². The second-order valence-corrected chi connectivity index (χ2v) is 4.37. The molecule has 0 bridgehead atoms. The summed E-state index contributed by atoms with van der Waals surface area (Å²) < 4.78 is 0. The van der Waals surface area contributed by atoms with E-state index in [2.05, 4.69) is 5.32 Å². The van der Waals surface area contributed by atoms with E-state index in [1.165, 1.54) is 0 Å². The third-order valence-electron chi connectivity index (χ3n) is 3.00. The van der Waals surface area contributed by atoms with Crippen LogP contribution in [0, 0.1) is 0 Å². The molecular formula is C16H12N2O2. The van der Waals surface area contributed by atoms with Gasteiger partial charge in [-0.25, -0.2) is 9.69 Å². The summed E-state index contributed by atoms with van der Waals surface area (Å²) in [5.74, 6) is -0.343. The van der Waals surface area contributed by atoms with E-state index in [1.54, 1.807) is 30.3 Å². The van der Waals surface area contributed by atoms with Crippen molar-refractivity contribution >= 4 is 23.7 Å². The van der Waals surface area contributed by atoms with Gasteiger partial charge in [-0.1, -0.05) is 48.5 Å². The molecule has 2 aromatic rings. The van der Waals surface area contributed by atoms with E-state index in [0.29, 0.717) is 5.69 Å². The molecule has 1 fully saturated rings. The summed E-state index contributed by atoms with van der Waals surface area (Å²) >= 11 is 0. The van der Waals surface area contributed by atoms with Crippen LogP contribution in [0.4, 0.5) is 10.5 Å². The molecule has 1 aliphatic heterocycles. The van der Waals surface area contributed by atoms with Crippen LogP contribution in [-0.4, -0.2) is 11.9 Å². The summed E-state index contributed by atoms with van der Waals surface area (Å²) in [6, 6.07) is 17.8. The van der Waals surface area contributed by atoms with Gasteiger partial charge in [0.15, 0.2) is 0 Å². The van der Waals surface area contributed by atoms with Gasteiger partial charge in [-0.2, -0.15) is 0 Å². The summed E-state index contributed by atoms with van der Waals surface area (Å²) in [6.45, 7) is 0. The highest BCUT2D eigenvalue weighted by Crippen LogP contribution is 2.21. The van der Waals surface area contributed by atoms with Gasteiger partial charge in [0, 0.05) is 0 Å². The van der Waals surface area contributed by atoms with Crippen LogP contribution in [0.5, 0.6) is 0 Å². The second kappa shape index (κ2) is 5.01. The zero-order chi connectivity index (χ0) is 13.9. The number of anilines is 1. The van der Waals surface area contributed by atoms with Crippen LogP contribution in [-0.2, 0) is 4.79 Å². The second-order valence-electron chi connectivity index (χ2n) is 4.37. The maximum absolute atomic E-state index is 12.3. The van der Waals surface area contributed by atoms with E-state index in [9.17, 15) is 9.59 Å². The van der Waals surface area contributed by atoms with Crippen molar-refractivity contribution in [1.29, 1.82) is 0 Å². The smallest absolute Gasteiger partial charge is 0.302 e. The van der Waals surface area contributed by atoms with Gasteiger partial charge in [-0.05, 0) is 23.8 Å². The highest BCUT2D eigenvalue weighted by atomic mass is 16.2. The number of carbonyl (C=O) groups excluding carboxylic acids is 2. The third-order valence-corrected chi connectivity index (χ3v) is 3.00. The Morgan fingerprint density at radius 2 is 1.45 bits per heavy atom. The summed E-state index contributed by atoms with van der Waals surface area (Å²) in [7, 11) is 0. The molecule has 2 aromatic carbocycles. The van der Waals surface area contributed by atoms with Gasteiger partial charge in [-0.15, -0.1) is 0 Å². The van der Waals surface area contributed by atoms with Gasteiger partial charge >= 0.3 is 6.03 Å². The number of nitrogens with one attached hydrogen (secondary N) is 1. The normalized spacial score (nSPS) is 16.6. The van der Waals surface area contributed by atoms with Gasteiger partial charge in [0.2, 0.25) is 0 Å². The zero-order valence-corrected chi connectivity index (χ0v) is 10.6. The van der Waals surface area contributed by atoms with Crippen LogP contribution in [0.1, 0.15) is 5.56 Å². The molecule has 1 saturated heterocycles. The lowest BCUT2D eigenvalue weighted by Gasteiger charge is -2.10. The molecule has 0 aromatic heterocycles. The van der Waals surface area contributed by atoms with Crippen LogP contribution in [0.15, 0.2) is 66.4 Å². The Labute approximate surface area is 116 Å².